The molecule has 0 aliphatic carbocycles. The van der Waals surface area contributed by atoms with Crippen LogP contribution >= 0.6 is 11.6 Å². The monoisotopic (exact) mass is 481 g/mol. The summed E-state index contributed by atoms with van der Waals surface area (Å²) in [5, 5.41) is 11.9. The molecule has 1 aromatic heterocycles. The maximum absolute atomic E-state index is 14.4. The molecule has 1 unspecified atom stereocenters. The number of oxime groups is 1. The lowest BCUT2D eigenvalue weighted by molar-refractivity contribution is -0.156. The Labute approximate surface area is 182 Å². The first-order valence-electron chi connectivity index (χ1n) is 8.74. The van der Waals surface area contributed by atoms with E-state index in [2.05, 4.69) is 9.89 Å². The van der Waals surface area contributed by atoms with Gasteiger partial charge in [-0.15, -0.1) is 0 Å². The maximum Gasteiger partial charge on any atom is 0.431 e. The number of aromatic nitrogens is 2. The van der Waals surface area contributed by atoms with Gasteiger partial charge in [0.1, 0.15) is 18.1 Å². The number of rotatable bonds is 7. The standard InChI is InChI=1S/C18H16ClF4N3O6/c1-9(16(29)31-4-3-27)32-24-8-10-5-13(12(20)6-11(10)19)26-15(28)7-14(18(21,22)23)25(2)17(26)30/h5-9,27H,3-4H2,1-2H3/b24-8+. The minimum Gasteiger partial charge on any atom is -0.460 e. The largest absolute Gasteiger partial charge is 0.460 e. The molecule has 0 aliphatic heterocycles. The van der Waals surface area contributed by atoms with Gasteiger partial charge < -0.3 is 14.7 Å². The molecule has 1 aromatic carbocycles. The van der Waals surface area contributed by atoms with E-state index < -0.39 is 53.3 Å². The van der Waals surface area contributed by atoms with Crippen molar-refractivity contribution in [3.05, 3.63) is 61.1 Å². The summed E-state index contributed by atoms with van der Waals surface area (Å²) in [6.07, 6.45) is -5.23. The molecule has 0 radical (unpaired) electrons. The van der Waals surface area contributed by atoms with E-state index in [1.165, 1.54) is 6.92 Å². The van der Waals surface area contributed by atoms with Crippen LogP contribution in [0.5, 0.6) is 0 Å². The molecule has 174 valence electrons. The molecule has 0 bridgehead atoms. The molecule has 1 atom stereocenters. The van der Waals surface area contributed by atoms with E-state index in [1.54, 1.807) is 0 Å². The van der Waals surface area contributed by atoms with Crippen molar-refractivity contribution in [2.75, 3.05) is 13.2 Å². The zero-order valence-electron chi connectivity index (χ0n) is 16.5. The second-order valence-electron chi connectivity index (χ2n) is 6.24. The average Bonchev–Trinajstić information content (AvgIpc) is 2.70. The maximum atomic E-state index is 14.4. The molecule has 0 saturated carbocycles. The minimum atomic E-state index is -4.98. The molecule has 0 amide bonds. The lowest BCUT2D eigenvalue weighted by atomic mass is 10.2. The molecule has 0 aliphatic rings. The Morgan fingerprint density at radius 3 is 2.56 bits per heavy atom. The van der Waals surface area contributed by atoms with Gasteiger partial charge >= 0.3 is 17.8 Å². The van der Waals surface area contributed by atoms with Gasteiger partial charge in [-0.3, -0.25) is 9.36 Å². The first-order chi connectivity index (χ1) is 14.9. The number of esters is 1. The van der Waals surface area contributed by atoms with Gasteiger partial charge in [0.05, 0.1) is 23.5 Å². The SMILES string of the molecule is CC(O/N=C/c1cc(-n2c(=O)cc(C(F)(F)F)n(C)c2=O)c(F)cc1Cl)C(=O)OCCO. The molecule has 0 saturated heterocycles. The van der Waals surface area contributed by atoms with E-state index in [1.807, 2.05) is 0 Å². The Bertz CT molecular complexity index is 1160. The van der Waals surface area contributed by atoms with Crippen LogP contribution in [0.3, 0.4) is 0 Å². The average molecular weight is 482 g/mol. The van der Waals surface area contributed by atoms with Crippen LogP contribution in [0.1, 0.15) is 18.2 Å². The fourth-order valence-electron chi connectivity index (χ4n) is 2.43. The fourth-order valence-corrected chi connectivity index (χ4v) is 2.63. The van der Waals surface area contributed by atoms with Gasteiger partial charge in [-0.2, -0.15) is 13.2 Å². The van der Waals surface area contributed by atoms with E-state index in [4.69, 9.17) is 21.5 Å². The summed E-state index contributed by atoms with van der Waals surface area (Å²) >= 11 is 5.91. The van der Waals surface area contributed by atoms with Gasteiger partial charge in [0.2, 0.25) is 6.10 Å². The van der Waals surface area contributed by atoms with E-state index in [0.717, 1.165) is 25.4 Å². The number of benzene rings is 1. The van der Waals surface area contributed by atoms with Crippen LogP contribution in [-0.2, 0) is 27.6 Å². The molecular formula is C18H16ClF4N3O6. The van der Waals surface area contributed by atoms with Crippen molar-refractivity contribution in [2.45, 2.75) is 19.2 Å². The quantitative estimate of drug-likeness (QED) is 0.278. The zero-order valence-corrected chi connectivity index (χ0v) is 17.3. The van der Waals surface area contributed by atoms with Crippen LogP contribution in [0.4, 0.5) is 17.6 Å². The topological polar surface area (TPSA) is 112 Å². The summed E-state index contributed by atoms with van der Waals surface area (Å²) < 4.78 is 58.4. The number of alkyl halides is 3. The highest BCUT2D eigenvalue weighted by molar-refractivity contribution is 6.33. The van der Waals surface area contributed by atoms with Gasteiger partial charge in [0, 0.05) is 18.7 Å². The fraction of sp³-hybridized carbons (Fsp3) is 0.333. The molecule has 32 heavy (non-hydrogen) atoms. The first-order valence-corrected chi connectivity index (χ1v) is 9.12. The molecule has 2 aromatic rings. The first kappa shape index (κ1) is 25.1. The van der Waals surface area contributed by atoms with E-state index >= 15 is 0 Å². The third-order valence-corrected chi connectivity index (χ3v) is 4.32. The van der Waals surface area contributed by atoms with Crippen LogP contribution in [0, 0.1) is 5.82 Å². The molecule has 9 nitrogen and oxygen atoms in total. The number of aliphatic hydroxyl groups is 1. The summed E-state index contributed by atoms with van der Waals surface area (Å²) in [5.74, 6) is -1.99. The summed E-state index contributed by atoms with van der Waals surface area (Å²) in [5.41, 5.74) is -5.11. The molecule has 2 rings (SSSR count). The Hall–Kier alpha value is -3.19. The Morgan fingerprint density at radius 1 is 1.31 bits per heavy atom. The summed E-state index contributed by atoms with van der Waals surface area (Å²) in [6, 6.07) is 1.78. The van der Waals surface area contributed by atoms with Gasteiger partial charge in [-0.25, -0.2) is 18.5 Å². The minimum absolute atomic E-state index is 0.0761. The van der Waals surface area contributed by atoms with Crippen molar-refractivity contribution in [1.82, 2.24) is 9.13 Å². The van der Waals surface area contributed by atoms with Crippen LogP contribution in [0.25, 0.3) is 5.69 Å². The Morgan fingerprint density at radius 2 is 1.97 bits per heavy atom. The Kier molecular flexibility index (Phi) is 7.80. The number of nitrogens with zero attached hydrogens (tertiary/aromatic N) is 3. The van der Waals surface area contributed by atoms with Crippen LogP contribution in [0.15, 0.2) is 32.9 Å². The predicted octanol–water partition coefficient (Wildman–Crippen LogP) is 1.62. The smallest absolute Gasteiger partial charge is 0.431 e. The summed E-state index contributed by atoms with van der Waals surface area (Å²) in [4.78, 5) is 41.0. The Balaban J connectivity index is 2.44. The van der Waals surface area contributed by atoms with Crippen LogP contribution < -0.4 is 11.2 Å². The van der Waals surface area contributed by atoms with Crippen LogP contribution in [0.2, 0.25) is 5.02 Å². The lowest BCUT2D eigenvalue weighted by Crippen LogP contribution is -2.41. The number of carbonyl (C=O) groups excluding carboxylic acids is 1. The number of ether oxygens (including phenoxy) is 1. The normalized spacial score (nSPS) is 12.8. The molecule has 0 fully saturated rings. The molecule has 1 heterocycles. The van der Waals surface area contributed by atoms with E-state index in [-0.39, 0.29) is 32.4 Å². The van der Waals surface area contributed by atoms with Gasteiger partial charge in [-0.05, 0) is 19.1 Å². The number of carbonyl (C=O) groups is 1. The summed E-state index contributed by atoms with van der Waals surface area (Å²) in [6.45, 7) is 0.652. The molecule has 1 N–H and O–H groups in total. The number of hydrogen-bond acceptors (Lipinski definition) is 7. The third kappa shape index (κ3) is 5.53. The van der Waals surface area contributed by atoms with Gasteiger partial charge in [0.25, 0.3) is 5.56 Å². The van der Waals surface area contributed by atoms with Crippen molar-refractivity contribution in [2.24, 2.45) is 12.2 Å². The highest BCUT2D eigenvalue weighted by atomic mass is 35.5. The van der Waals surface area contributed by atoms with Crippen molar-refractivity contribution in [3.8, 4) is 5.69 Å². The molecule has 0 spiro atoms. The van der Waals surface area contributed by atoms with Crippen molar-refractivity contribution < 1.29 is 37.0 Å². The second-order valence-corrected chi connectivity index (χ2v) is 6.65. The van der Waals surface area contributed by atoms with Crippen LogP contribution in [-0.4, -0.2) is 45.7 Å². The van der Waals surface area contributed by atoms with Crippen molar-refractivity contribution in [3.63, 3.8) is 0 Å². The van der Waals surface area contributed by atoms with E-state index in [0.29, 0.717) is 0 Å². The van der Waals surface area contributed by atoms with Gasteiger partial charge in [0.15, 0.2) is 0 Å². The highest BCUT2D eigenvalue weighted by Gasteiger charge is 2.35. The zero-order chi connectivity index (χ0) is 24.2. The van der Waals surface area contributed by atoms with Crippen molar-refractivity contribution in [1.29, 1.82) is 0 Å². The van der Waals surface area contributed by atoms with Crippen molar-refractivity contribution >= 4 is 23.8 Å². The summed E-state index contributed by atoms with van der Waals surface area (Å²) in [7, 11) is 0.780. The lowest BCUT2D eigenvalue weighted by Gasteiger charge is -2.14. The third-order valence-electron chi connectivity index (χ3n) is 4.00. The number of aliphatic hydroxyl groups excluding tert-OH is 1. The number of halogens is 5. The second kappa shape index (κ2) is 9.96. The molecule has 14 heteroatoms. The molecular weight excluding hydrogens is 466 g/mol. The predicted molar refractivity (Wildman–Crippen MR) is 103 cm³/mol. The van der Waals surface area contributed by atoms with E-state index in [9.17, 15) is 31.9 Å². The number of hydrogen-bond donors (Lipinski definition) is 1. The van der Waals surface area contributed by atoms with Gasteiger partial charge in [-0.1, -0.05) is 16.8 Å². The highest BCUT2D eigenvalue weighted by Crippen LogP contribution is 2.27.